The van der Waals surface area contributed by atoms with E-state index in [1.54, 1.807) is 61.4 Å². The Labute approximate surface area is 352 Å². The number of hydrogen-bond donors (Lipinski definition) is 4. The number of amides is 5. The number of carbonyl (C=O) groups is 5. The molecule has 310 valence electrons. The Morgan fingerprint density at radius 3 is 2.41 bits per heavy atom. The summed E-state index contributed by atoms with van der Waals surface area (Å²) < 4.78 is 4.37. The predicted octanol–water partition coefficient (Wildman–Crippen LogP) is 7.16. The van der Waals surface area contributed by atoms with Gasteiger partial charge in [-0.05, 0) is 140 Å². The third-order valence-corrected chi connectivity index (χ3v) is 14.7. The maximum Gasteiger partial charge on any atom is 0.274 e. The van der Waals surface area contributed by atoms with Gasteiger partial charge >= 0.3 is 0 Å². The number of aromatic nitrogens is 2. The molecule has 0 bridgehead atoms. The molecule has 8 rings (SSSR count). The molecule has 2 aromatic heterocycles. The average molecular weight is 838 g/mol. The van der Waals surface area contributed by atoms with E-state index < -0.39 is 35.3 Å². The Bertz CT molecular complexity index is 2310. The van der Waals surface area contributed by atoms with Gasteiger partial charge in [0.2, 0.25) is 11.8 Å². The number of rotatable bonds is 11. The third-order valence-electron chi connectivity index (χ3n) is 12.4. The summed E-state index contributed by atoms with van der Waals surface area (Å²) in [5.41, 5.74) is 3.06. The number of anilines is 2. The zero-order chi connectivity index (χ0) is 41.6. The molecule has 4 aromatic rings. The van der Waals surface area contributed by atoms with Gasteiger partial charge in [0.25, 0.3) is 17.7 Å². The van der Waals surface area contributed by atoms with E-state index in [0.717, 1.165) is 83.7 Å². The summed E-state index contributed by atoms with van der Waals surface area (Å²) in [5.74, 6) is -1.32. The van der Waals surface area contributed by atoms with Gasteiger partial charge in [0, 0.05) is 47.1 Å². The monoisotopic (exact) mass is 837 g/mol. The summed E-state index contributed by atoms with van der Waals surface area (Å²) in [6.45, 7) is 6.35. The van der Waals surface area contributed by atoms with Crippen molar-refractivity contribution in [3.05, 3.63) is 81.6 Å². The second kappa shape index (κ2) is 16.7. The van der Waals surface area contributed by atoms with Crippen LogP contribution in [0.25, 0.3) is 10.2 Å². The molecule has 4 aliphatic rings. The van der Waals surface area contributed by atoms with Gasteiger partial charge in [0.1, 0.15) is 11.7 Å². The van der Waals surface area contributed by atoms with Gasteiger partial charge in [-0.3, -0.25) is 34.2 Å². The molecule has 1 unspecified atom stereocenters. The molecule has 0 radical (unpaired) electrons. The van der Waals surface area contributed by atoms with Crippen LogP contribution in [0.5, 0.6) is 0 Å². The summed E-state index contributed by atoms with van der Waals surface area (Å²) in [5, 5.41) is 17.8. The zero-order valence-corrected chi connectivity index (χ0v) is 35.5. The number of nitrogens with zero attached hydrogens (tertiary/aromatic N) is 4. The number of nitrogens with one attached hydrogen (secondary N) is 3. The molecule has 13 nitrogen and oxygen atoms in total. The van der Waals surface area contributed by atoms with Gasteiger partial charge < -0.3 is 20.0 Å². The van der Waals surface area contributed by atoms with Crippen molar-refractivity contribution in [3.63, 3.8) is 0 Å². The molecule has 1 saturated heterocycles. The Kier molecular flexibility index (Phi) is 11.7. The maximum atomic E-state index is 13.5. The molecule has 2 aliphatic heterocycles. The molecule has 15 heteroatoms. The Morgan fingerprint density at radius 1 is 0.949 bits per heavy atom. The minimum atomic E-state index is -1.18. The molecule has 59 heavy (non-hydrogen) atoms. The van der Waals surface area contributed by atoms with Crippen molar-refractivity contribution in [2.24, 2.45) is 5.92 Å². The first-order valence-electron chi connectivity index (χ1n) is 20.6. The standard InChI is InChI=1S/C44H51N7O6S2/c1-24-7-5-10-32(45-24)39(53)46-33-22-36-34(21-30(33)44(2,3)57)47-41(58-36)26-13-11-25(12-14-26)23-50(4)27-15-17-28(18-16-27)59-49-31-9-6-8-29-38(31)43(56)51(42(29)55)35-19-20-37(52)48-40(35)54/h5-10,21-22,25-28,35,49,57H,11-20,23H2,1-4H3,(H,46,53)(H,48,52,54)/t25-,26-,27-,28-,35?. The number of pyridine rings is 1. The van der Waals surface area contributed by atoms with Crippen LogP contribution in [-0.2, 0) is 15.2 Å². The molecule has 4 heterocycles. The van der Waals surface area contributed by atoms with Gasteiger partial charge in [0.05, 0.1) is 37.6 Å². The van der Waals surface area contributed by atoms with Crippen molar-refractivity contribution in [1.29, 1.82) is 0 Å². The fourth-order valence-electron chi connectivity index (χ4n) is 9.13. The molecular formula is C44H51N7O6S2. The molecule has 2 aromatic carbocycles. The smallest absolute Gasteiger partial charge is 0.274 e. The number of fused-ring (bicyclic) bond motifs is 2. The van der Waals surface area contributed by atoms with Gasteiger partial charge in [0.15, 0.2) is 0 Å². The van der Waals surface area contributed by atoms with Crippen molar-refractivity contribution >= 4 is 74.4 Å². The van der Waals surface area contributed by atoms with Crippen LogP contribution in [0.3, 0.4) is 0 Å². The van der Waals surface area contributed by atoms with Crippen molar-refractivity contribution < 1.29 is 29.1 Å². The normalized spacial score (nSPS) is 23.8. The lowest BCUT2D eigenvalue weighted by molar-refractivity contribution is -0.136. The largest absolute Gasteiger partial charge is 0.386 e. The number of hydrogen-bond acceptors (Lipinski definition) is 12. The highest BCUT2D eigenvalue weighted by molar-refractivity contribution is 8.01. The van der Waals surface area contributed by atoms with Crippen molar-refractivity contribution in [2.45, 2.75) is 114 Å². The van der Waals surface area contributed by atoms with Crippen LogP contribution in [0.1, 0.15) is 131 Å². The second-order valence-electron chi connectivity index (χ2n) is 17.1. The number of thiazole rings is 1. The topological polar surface area (TPSA) is 174 Å². The number of aliphatic hydroxyl groups is 1. The van der Waals surface area contributed by atoms with Gasteiger partial charge in [-0.25, -0.2) is 9.97 Å². The van der Waals surface area contributed by atoms with E-state index in [2.05, 4.69) is 32.3 Å². The third kappa shape index (κ3) is 8.66. The van der Waals surface area contributed by atoms with E-state index in [1.165, 1.54) is 0 Å². The maximum absolute atomic E-state index is 13.5. The first-order chi connectivity index (χ1) is 28.2. The van der Waals surface area contributed by atoms with Gasteiger partial charge in [-0.2, -0.15) is 0 Å². The molecule has 0 spiro atoms. The number of aryl methyl sites for hydroxylation is 1. The lowest BCUT2D eigenvalue weighted by Crippen LogP contribution is -2.54. The Morgan fingerprint density at radius 2 is 1.69 bits per heavy atom. The van der Waals surface area contributed by atoms with E-state index in [-0.39, 0.29) is 29.9 Å². The van der Waals surface area contributed by atoms with E-state index in [4.69, 9.17) is 4.98 Å². The van der Waals surface area contributed by atoms with Gasteiger partial charge in [-0.1, -0.05) is 12.1 Å². The Hall–Kier alpha value is -4.70. The van der Waals surface area contributed by atoms with E-state index in [0.29, 0.717) is 45.8 Å². The van der Waals surface area contributed by atoms with Crippen LogP contribution in [0.4, 0.5) is 11.4 Å². The summed E-state index contributed by atoms with van der Waals surface area (Å²) in [7, 11) is 2.26. The van der Waals surface area contributed by atoms with Crippen LogP contribution < -0.4 is 15.4 Å². The number of piperidine rings is 1. The fraction of sp³-hybridized carbons (Fsp3) is 0.477. The van der Waals surface area contributed by atoms with E-state index in [9.17, 15) is 29.1 Å². The number of benzene rings is 2. The summed E-state index contributed by atoms with van der Waals surface area (Å²) in [4.78, 5) is 77.0. The second-order valence-corrected chi connectivity index (χ2v) is 19.2. The zero-order valence-electron chi connectivity index (χ0n) is 33.9. The number of carbonyl (C=O) groups excluding carboxylic acids is 5. The summed E-state index contributed by atoms with van der Waals surface area (Å²) in [6, 6.07) is 13.9. The average Bonchev–Trinajstić information content (AvgIpc) is 3.74. The lowest BCUT2D eigenvalue weighted by atomic mass is 9.81. The van der Waals surface area contributed by atoms with Crippen LogP contribution >= 0.6 is 23.3 Å². The van der Waals surface area contributed by atoms with Crippen LogP contribution in [-0.4, -0.2) is 85.3 Å². The van der Waals surface area contributed by atoms with Gasteiger partial charge in [-0.15, -0.1) is 11.3 Å². The van der Waals surface area contributed by atoms with Crippen molar-refractivity contribution in [3.8, 4) is 0 Å². The predicted molar refractivity (Wildman–Crippen MR) is 229 cm³/mol. The highest BCUT2D eigenvalue weighted by Gasteiger charge is 2.46. The molecule has 2 saturated carbocycles. The van der Waals surface area contributed by atoms with Crippen LogP contribution in [0.2, 0.25) is 0 Å². The Balaban J connectivity index is 0.820. The first kappa shape index (κ1) is 41.1. The first-order valence-corrected chi connectivity index (χ1v) is 22.3. The van der Waals surface area contributed by atoms with E-state index in [1.807, 2.05) is 31.2 Å². The minimum Gasteiger partial charge on any atom is -0.386 e. The quantitative estimate of drug-likeness (QED) is 0.0892. The highest BCUT2D eigenvalue weighted by atomic mass is 32.2. The van der Waals surface area contributed by atoms with Crippen LogP contribution in [0.15, 0.2) is 48.5 Å². The van der Waals surface area contributed by atoms with Crippen LogP contribution in [0, 0.1) is 12.8 Å². The molecule has 4 N–H and O–H groups in total. The van der Waals surface area contributed by atoms with Crippen molar-refractivity contribution in [2.75, 3.05) is 23.6 Å². The van der Waals surface area contributed by atoms with Crippen molar-refractivity contribution in [1.82, 2.24) is 25.1 Å². The van der Waals surface area contributed by atoms with E-state index >= 15 is 0 Å². The molecule has 1 atom stereocenters. The number of imide groups is 2. The fourth-order valence-corrected chi connectivity index (χ4v) is 11.3. The lowest BCUT2D eigenvalue weighted by Gasteiger charge is -2.37. The molecule has 2 aliphatic carbocycles. The summed E-state index contributed by atoms with van der Waals surface area (Å²) in [6.07, 6.45) is 8.89. The minimum absolute atomic E-state index is 0.0853. The summed E-state index contributed by atoms with van der Waals surface area (Å²) >= 11 is 3.28. The molecule has 3 fully saturated rings. The highest BCUT2D eigenvalue weighted by Crippen LogP contribution is 2.42. The SMILES string of the molecule is Cc1cccc(C(=O)Nc2cc3sc([C@H]4CC[C@H](CN(C)[C@H]5CC[C@H](SNc6cccc7c6C(=O)N(C6CCC(=O)NC6=O)C7=O)CC5)CC4)nc3cc2C(C)(C)O)n1. The molecular weight excluding hydrogens is 787 g/mol. The molecule has 5 amide bonds.